The Bertz CT molecular complexity index is 1000. The normalized spacial score (nSPS) is 26.4. The van der Waals surface area contributed by atoms with Gasteiger partial charge in [-0.2, -0.15) is 0 Å². The van der Waals surface area contributed by atoms with E-state index in [0.29, 0.717) is 0 Å². The first kappa shape index (κ1) is 23.0. The summed E-state index contributed by atoms with van der Waals surface area (Å²) in [5.41, 5.74) is 5.72. The van der Waals surface area contributed by atoms with E-state index in [1.165, 1.54) is 22.3 Å². The molecule has 0 atom stereocenters. The lowest BCUT2D eigenvalue weighted by molar-refractivity contribution is -0.0899. The van der Waals surface area contributed by atoms with E-state index in [0.717, 1.165) is 11.1 Å². The summed E-state index contributed by atoms with van der Waals surface area (Å²) in [6.45, 7) is 21.3. The quantitative estimate of drug-likeness (QED) is 0.485. The molecule has 33 heavy (non-hydrogen) atoms. The summed E-state index contributed by atoms with van der Waals surface area (Å²) in [7, 11) is 0. The third kappa shape index (κ3) is 3.25. The largest absolute Gasteiger partial charge is 0.339 e. The van der Waals surface area contributed by atoms with Gasteiger partial charge < -0.3 is 18.9 Å². The van der Waals surface area contributed by atoms with Crippen LogP contribution in [-0.4, -0.2) is 22.4 Å². The van der Waals surface area contributed by atoms with Crippen LogP contribution in [0.3, 0.4) is 0 Å². The molecule has 4 nitrogen and oxygen atoms in total. The van der Waals surface area contributed by atoms with Crippen molar-refractivity contribution in [2.45, 2.75) is 110 Å². The molecule has 2 aromatic rings. The minimum Gasteiger partial charge on any atom is -0.339 e. The van der Waals surface area contributed by atoms with Crippen LogP contribution in [0.5, 0.6) is 0 Å². The van der Waals surface area contributed by atoms with Crippen molar-refractivity contribution in [2.75, 3.05) is 0 Å². The lowest BCUT2D eigenvalue weighted by atomic mass is 9.81. The van der Waals surface area contributed by atoms with Gasteiger partial charge in [0.1, 0.15) is 0 Å². The molecule has 0 unspecified atom stereocenters. The molecule has 2 aromatic carbocycles. The Balaban J connectivity index is 1.50. The smallest absolute Gasteiger partial charge is 0.185 e. The average Bonchev–Trinajstić information content (AvgIpc) is 3.16. The summed E-state index contributed by atoms with van der Waals surface area (Å²) >= 11 is 0. The first-order chi connectivity index (χ1) is 15.1. The molecule has 178 valence electrons. The maximum absolute atomic E-state index is 6.33. The van der Waals surface area contributed by atoms with Gasteiger partial charge in [-0.15, -0.1) is 0 Å². The Morgan fingerprint density at radius 1 is 0.485 bits per heavy atom. The van der Waals surface area contributed by atoms with E-state index in [9.17, 15) is 0 Å². The molecule has 5 rings (SSSR count). The Hall–Kier alpha value is -1.72. The van der Waals surface area contributed by atoms with Gasteiger partial charge in [0.05, 0.1) is 22.4 Å². The van der Waals surface area contributed by atoms with Gasteiger partial charge in [-0.3, -0.25) is 0 Å². The van der Waals surface area contributed by atoms with Gasteiger partial charge in [-0.05, 0) is 89.8 Å². The summed E-state index contributed by atoms with van der Waals surface area (Å²) in [4.78, 5) is 0. The zero-order valence-corrected chi connectivity index (χ0v) is 21.8. The van der Waals surface area contributed by atoms with Crippen LogP contribution in [0, 0.1) is 0 Å². The van der Waals surface area contributed by atoms with E-state index in [2.05, 4.69) is 106 Å². The van der Waals surface area contributed by atoms with Crippen LogP contribution in [-0.2, 0) is 24.4 Å². The predicted octanol–water partition coefficient (Wildman–Crippen LogP) is 7.20. The van der Waals surface area contributed by atoms with Crippen LogP contribution in [0.25, 0.3) is 11.1 Å². The first-order valence-electron chi connectivity index (χ1n) is 12.1. The fourth-order valence-corrected chi connectivity index (χ4v) is 5.02. The van der Waals surface area contributed by atoms with Crippen molar-refractivity contribution in [2.24, 2.45) is 0 Å². The lowest BCUT2D eigenvalue weighted by Gasteiger charge is -2.30. The molecule has 0 aromatic heterocycles. The van der Waals surface area contributed by atoms with Gasteiger partial charge in [-0.1, -0.05) is 38.1 Å². The highest BCUT2D eigenvalue weighted by Crippen LogP contribution is 2.53. The molecule has 1 aliphatic carbocycles. The van der Waals surface area contributed by atoms with Crippen LogP contribution >= 0.6 is 0 Å². The fraction of sp³-hybridized carbons (Fsp3) is 0.586. The van der Waals surface area contributed by atoms with E-state index in [1.807, 2.05) is 0 Å². The Morgan fingerprint density at radius 3 is 1.09 bits per heavy atom. The van der Waals surface area contributed by atoms with Crippen molar-refractivity contribution in [3.8, 4) is 11.1 Å². The van der Waals surface area contributed by atoms with Gasteiger partial charge in [0.15, 0.2) is 12.6 Å². The maximum atomic E-state index is 6.33. The van der Waals surface area contributed by atoms with Gasteiger partial charge in [-0.25, -0.2) is 0 Å². The molecule has 0 N–H and O–H groups in total. The molecule has 0 saturated carbocycles. The van der Waals surface area contributed by atoms with Crippen molar-refractivity contribution in [3.05, 3.63) is 58.7 Å². The highest BCUT2D eigenvalue weighted by atomic mass is 16.8. The van der Waals surface area contributed by atoms with Crippen LogP contribution < -0.4 is 0 Å². The number of hydrogen-bond donors (Lipinski definition) is 0. The number of benzene rings is 2. The van der Waals surface area contributed by atoms with Crippen LogP contribution in [0.2, 0.25) is 0 Å². The average molecular weight is 451 g/mol. The van der Waals surface area contributed by atoms with E-state index < -0.39 is 0 Å². The minimum absolute atomic E-state index is 0.149. The molecule has 3 aliphatic rings. The molecule has 2 aliphatic heterocycles. The standard InChI is InChI=1S/C29H38O4/c1-25(2)21-15-17(23-30-26(3,4)27(5,6)31-23)11-13-19(21)20-14-12-18(16-22(20)25)24-32-28(7,8)29(9,10)33-24/h11-16,23-24H,1-10H3. The van der Waals surface area contributed by atoms with E-state index in [4.69, 9.17) is 18.9 Å². The Labute approximate surface area is 198 Å². The van der Waals surface area contributed by atoms with Crippen molar-refractivity contribution in [3.63, 3.8) is 0 Å². The summed E-state index contributed by atoms with van der Waals surface area (Å²) < 4.78 is 25.3. The van der Waals surface area contributed by atoms with E-state index in [1.54, 1.807) is 0 Å². The van der Waals surface area contributed by atoms with Gasteiger partial charge in [0.2, 0.25) is 0 Å². The van der Waals surface area contributed by atoms with E-state index in [-0.39, 0.29) is 40.4 Å². The fourth-order valence-electron chi connectivity index (χ4n) is 5.02. The topological polar surface area (TPSA) is 36.9 Å². The van der Waals surface area contributed by atoms with Crippen molar-refractivity contribution < 1.29 is 18.9 Å². The summed E-state index contributed by atoms with van der Waals surface area (Å²) in [5, 5.41) is 0. The van der Waals surface area contributed by atoms with Crippen LogP contribution in [0.15, 0.2) is 36.4 Å². The molecule has 2 fully saturated rings. The highest BCUT2D eigenvalue weighted by Gasteiger charge is 2.51. The molecule has 0 spiro atoms. The molecule has 4 heteroatoms. The van der Waals surface area contributed by atoms with Crippen molar-refractivity contribution in [1.29, 1.82) is 0 Å². The van der Waals surface area contributed by atoms with Crippen LogP contribution in [0.1, 0.15) is 104 Å². The first-order valence-corrected chi connectivity index (χ1v) is 12.1. The van der Waals surface area contributed by atoms with Gasteiger partial charge in [0.25, 0.3) is 0 Å². The Morgan fingerprint density at radius 2 is 0.788 bits per heavy atom. The second kappa shape index (κ2) is 6.69. The van der Waals surface area contributed by atoms with Crippen molar-refractivity contribution >= 4 is 0 Å². The Kier molecular flexibility index (Phi) is 4.67. The molecule has 0 bridgehead atoms. The number of hydrogen-bond acceptors (Lipinski definition) is 4. The molecular formula is C29H38O4. The SMILES string of the molecule is CC1(C)c2cc(C3OC(C)(C)C(C)(C)O3)ccc2-c2ccc(C3OC(C)(C)C(C)(C)O3)cc21. The molecular weight excluding hydrogens is 412 g/mol. The maximum Gasteiger partial charge on any atom is 0.185 e. The van der Waals surface area contributed by atoms with E-state index >= 15 is 0 Å². The number of fused-ring (bicyclic) bond motifs is 3. The molecule has 2 saturated heterocycles. The number of ether oxygens (including phenoxy) is 4. The number of rotatable bonds is 2. The highest BCUT2D eigenvalue weighted by molar-refractivity contribution is 5.81. The predicted molar refractivity (Wildman–Crippen MR) is 130 cm³/mol. The molecule has 0 amide bonds. The second-order valence-electron chi connectivity index (χ2n) is 12.4. The summed E-state index contributed by atoms with van der Waals surface area (Å²) in [6, 6.07) is 13.3. The van der Waals surface area contributed by atoms with Gasteiger partial charge >= 0.3 is 0 Å². The third-order valence-corrected chi connectivity index (χ3v) is 8.77. The van der Waals surface area contributed by atoms with Gasteiger partial charge in [0, 0.05) is 16.5 Å². The zero-order chi connectivity index (χ0) is 24.2. The third-order valence-electron chi connectivity index (χ3n) is 8.77. The summed E-state index contributed by atoms with van der Waals surface area (Å²) in [5.74, 6) is 0. The summed E-state index contributed by atoms with van der Waals surface area (Å²) in [6.07, 6.45) is -0.722. The molecule has 2 heterocycles. The van der Waals surface area contributed by atoms with Crippen molar-refractivity contribution in [1.82, 2.24) is 0 Å². The minimum atomic E-state index is -0.361. The second-order valence-corrected chi connectivity index (χ2v) is 12.4. The monoisotopic (exact) mass is 450 g/mol. The van der Waals surface area contributed by atoms with Crippen LogP contribution in [0.4, 0.5) is 0 Å². The molecule has 0 radical (unpaired) electrons. The lowest BCUT2D eigenvalue weighted by Crippen LogP contribution is -2.41. The zero-order valence-electron chi connectivity index (χ0n) is 21.8.